The first-order valence-corrected chi connectivity index (χ1v) is 7.06. The van der Waals surface area contributed by atoms with Crippen LogP contribution in [0.15, 0.2) is 41.2 Å². The maximum absolute atomic E-state index is 13.9. The molecular weight excluding hydrogens is 305 g/mol. The Morgan fingerprint density at radius 2 is 2.00 bits per heavy atom. The molecule has 4 nitrogen and oxygen atoms in total. The lowest BCUT2D eigenvalue weighted by atomic mass is 10.1. The van der Waals surface area contributed by atoms with Crippen molar-refractivity contribution in [1.82, 2.24) is 9.55 Å². The van der Waals surface area contributed by atoms with Crippen molar-refractivity contribution in [2.24, 2.45) is 0 Å². The van der Waals surface area contributed by atoms with Crippen LogP contribution in [0.25, 0.3) is 16.6 Å². The maximum atomic E-state index is 13.9. The summed E-state index contributed by atoms with van der Waals surface area (Å²) in [4.78, 5) is 16.4. The number of para-hydroxylation sites is 1. The molecule has 1 heterocycles. The van der Waals surface area contributed by atoms with E-state index in [2.05, 4.69) is 10.3 Å². The van der Waals surface area contributed by atoms with Gasteiger partial charge >= 0.3 is 5.69 Å². The minimum atomic E-state index is -0.476. The van der Waals surface area contributed by atoms with Crippen molar-refractivity contribution in [3.63, 3.8) is 0 Å². The van der Waals surface area contributed by atoms with E-state index in [4.69, 9.17) is 11.6 Å². The Hall–Kier alpha value is -2.40. The van der Waals surface area contributed by atoms with Crippen LogP contribution in [0.2, 0.25) is 5.02 Å². The van der Waals surface area contributed by atoms with Crippen molar-refractivity contribution < 1.29 is 4.39 Å². The molecule has 1 N–H and O–H groups in total. The number of rotatable bonds is 2. The second-order valence-corrected chi connectivity index (χ2v) is 5.31. The Labute approximate surface area is 131 Å². The average molecular weight is 318 g/mol. The maximum Gasteiger partial charge on any atom is 0.354 e. The fourth-order valence-electron chi connectivity index (χ4n) is 2.41. The van der Waals surface area contributed by atoms with Crippen LogP contribution < -0.4 is 11.0 Å². The number of nitrogens with zero attached hydrogens (tertiary/aromatic N) is 2. The zero-order chi connectivity index (χ0) is 15.9. The van der Waals surface area contributed by atoms with E-state index in [9.17, 15) is 9.18 Å². The van der Waals surface area contributed by atoms with E-state index < -0.39 is 5.69 Å². The molecule has 3 aromatic rings. The number of aryl methyl sites for hydroxylation is 1. The van der Waals surface area contributed by atoms with E-state index in [1.807, 2.05) is 0 Å². The lowest BCUT2D eigenvalue weighted by molar-refractivity contribution is 0.620. The fraction of sp³-hybridized carbons (Fsp3) is 0.125. The largest absolute Gasteiger partial charge is 0.372 e. The predicted octanol–water partition coefficient (Wildman–Crippen LogP) is 3.53. The van der Waals surface area contributed by atoms with Crippen LogP contribution in [-0.2, 0) is 0 Å². The molecule has 112 valence electrons. The van der Waals surface area contributed by atoms with E-state index >= 15 is 0 Å². The third-order valence-corrected chi connectivity index (χ3v) is 3.82. The fourth-order valence-corrected chi connectivity index (χ4v) is 2.63. The van der Waals surface area contributed by atoms with Crippen molar-refractivity contribution in [3.05, 3.63) is 63.3 Å². The lowest BCUT2D eigenvalue weighted by Gasteiger charge is -2.14. The quantitative estimate of drug-likeness (QED) is 0.786. The SMILES string of the molecule is CNc1nc(=O)n(-c2ccccc2Cl)c2cc(C)c(F)cc12. The number of hydrogen-bond donors (Lipinski definition) is 1. The summed E-state index contributed by atoms with van der Waals surface area (Å²) >= 11 is 6.20. The van der Waals surface area contributed by atoms with E-state index in [1.54, 1.807) is 44.3 Å². The molecule has 22 heavy (non-hydrogen) atoms. The molecule has 0 aliphatic carbocycles. The average Bonchev–Trinajstić information content (AvgIpc) is 2.50. The van der Waals surface area contributed by atoms with Gasteiger partial charge in [0.25, 0.3) is 0 Å². The first-order valence-electron chi connectivity index (χ1n) is 6.68. The minimum Gasteiger partial charge on any atom is -0.372 e. The number of nitrogens with one attached hydrogen (secondary N) is 1. The number of hydrogen-bond acceptors (Lipinski definition) is 3. The Kier molecular flexibility index (Phi) is 3.58. The van der Waals surface area contributed by atoms with Crippen LogP contribution >= 0.6 is 11.6 Å². The standard InChI is InChI=1S/C16H13ClFN3O/c1-9-7-14-10(8-12(9)18)15(19-2)20-16(22)21(14)13-6-4-3-5-11(13)17/h3-8H,1-2H3,(H,19,20,22). The molecule has 1 aromatic heterocycles. The first kappa shape index (κ1) is 14.5. The van der Waals surface area contributed by atoms with Crippen LogP contribution in [-0.4, -0.2) is 16.6 Å². The molecule has 0 saturated heterocycles. The highest BCUT2D eigenvalue weighted by atomic mass is 35.5. The predicted molar refractivity (Wildman–Crippen MR) is 86.6 cm³/mol. The van der Waals surface area contributed by atoms with Gasteiger partial charge in [0.05, 0.1) is 16.2 Å². The van der Waals surface area contributed by atoms with E-state index in [-0.39, 0.29) is 5.82 Å². The smallest absolute Gasteiger partial charge is 0.354 e. The molecule has 0 amide bonds. The highest BCUT2D eigenvalue weighted by Gasteiger charge is 2.15. The molecule has 0 radical (unpaired) electrons. The van der Waals surface area contributed by atoms with Crippen LogP contribution in [0.5, 0.6) is 0 Å². The van der Waals surface area contributed by atoms with Crippen molar-refractivity contribution in [2.75, 3.05) is 12.4 Å². The monoisotopic (exact) mass is 317 g/mol. The molecule has 0 aliphatic heterocycles. The van der Waals surface area contributed by atoms with E-state index in [0.717, 1.165) is 0 Å². The van der Waals surface area contributed by atoms with Crippen LogP contribution in [0.3, 0.4) is 0 Å². The molecule has 3 rings (SSSR count). The van der Waals surface area contributed by atoms with Crippen LogP contribution in [0.4, 0.5) is 10.2 Å². The minimum absolute atomic E-state index is 0.335. The molecule has 0 aliphatic rings. The third-order valence-electron chi connectivity index (χ3n) is 3.50. The molecule has 0 unspecified atom stereocenters. The normalized spacial score (nSPS) is 10.9. The Morgan fingerprint density at radius 1 is 1.27 bits per heavy atom. The highest BCUT2D eigenvalue weighted by Crippen LogP contribution is 2.27. The van der Waals surface area contributed by atoms with Crippen molar-refractivity contribution >= 4 is 28.3 Å². The van der Waals surface area contributed by atoms with Gasteiger partial charge in [-0.05, 0) is 36.8 Å². The van der Waals surface area contributed by atoms with Gasteiger partial charge in [-0.25, -0.2) is 9.18 Å². The summed E-state index contributed by atoms with van der Waals surface area (Å²) in [6, 6.07) is 9.97. The molecular formula is C16H13ClFN3O. The lowest BCUT2D eigenvalue weighted by Crippen LogP contribution is -2.23. The summed E-state index contributed by atoms with van der Waals surface area (Å²) in [7, 11) is 1.64. The van der Waals surface area contributed by atoms with Gasteiger partial charge < -0.3 is 5.32 Å². The summed E-state index contributed by atoms with van der Waals surface area (Å²) in [6.07, 6.45) is 0. The highest BCUT2D eigenvalue weighted by molar-refractivity contribution is 6.32. The Morgan fingerprint density at radius 3 is 2.68 bits per heavy atom. The van der Waals surface area contributed by atoms with Gasteiger partial charge in [-0.3, -0.25) is 4.57 Å². The first-order chi connectivity index (χ1) is 10.5. The van der Waals surface area contributed by atoms with Gasteiger partial charge in [0, 0.05) is 12.4 Å². The van der Waals surface area contributed by atoms with Gasteiger partial charge in [-0.2, -0.15) is 4.98 Å². The van der Waals surface area contributed by atoms with Gasteiger partial charge in [-0.1, -0.05) is 23.7 Å². The van der Waals surface area contributed by atoms with Crippen molar-refractivity contribution in [1.29, 1.82) is 0 Å². The Bertz CT molecular complexity index is 937. The summed E-state index contributed by atoms with van der Waals surface area (Å²) in [6.45, 7) is 1.65. The summed E-state index contributed by atoms with van der Waals surface area (Å²) < 4.78 is 15.3. The second kappa shape index (κ2) is 5.42. The van der Waals surface area contributed by atoms with E-state index in [1.165, 1.54) is 10.6 Å². The third kappa shape index (κ3) is 2.23. The van der Waals surface area contributed by atoms with E-state index in [0.29, 0.717) is 33.0 Å². The van der Waals surface area contributed by atoms with Crippen molar-refractivity contribution in [2.45, 2.75) is 6.92 Å². The van der Waals surface area contributed by atoms with Gasteiger partial charge in [0.2, 0.25) is 0 Å². The molecule has 2 aromatic carbocycles. The Balaban J connectivity index is 2.50. The summed E-state index contributed by atoms with van der Waals surface area (Å²) in [5.74, 6) is -0.0163. The number of halogens is 2. The number of fused-ring (bicyclic) bond motifs is 1. The van der Waals surface area contributed by atoms with Crippen molar-refractivity contribution in [3.8, 4) is 5.69 Å². The summed E-state index contributed by atoms with van der Waals surface area (Å²) in [5, 5.41) is 3.77. The number of benzene rings is 2. The zero-order valence-corrected chi connectivity index (χ0v) is 12.8. The summed E-state index contributed by atoms with van der Waals surface area (Å²) in [5.41, 5.74) is 1.04. The van der Waals surface area contributed by atoms with Gasteiger partial charge in [0.15, 0.2) is 0 Å². The zero-order valence-electron chi connectivity index (χ0n) is 12.0. The second-order valence-electron chi connectivity index (χ2n) is 4.90. The molecule has 0 saturated carbocycles. The van der Waals surface area contributed by atoms with Gasteiger partial charge in [0.1, 0.15) is 11.6 Å². The molecule has 0 spiro atoms. The molecule has 0 fully saturated rings. The number of anilines is 1. The molecule has 6 heteroatoms. The molecule has 0 bridgehead atoms. The van der Waals surface area contributed by atoms with Crippen LogP contribution in [0, 0.1) is 12.7 Å². The van der Waals surface area contributed by atoms with Crippen LogP contribution in [0.1, 0.15) is 5.56 Å². The molecule has 0 atom stereocenters. The topological polar surface area (TPSA) is 46.9 Å². The van der Waals surface area contributed by atoms with Gasteiger partial charge in [-0.15, -0.1) is 0 Å². The number of aromatic nitrogens is 2.